The van der Waals surface area contributed by atoms with Gasteiger partial charge in [-0.05, 0) is 38.0 Å². The lowest BCUT2D eigenvalue weighted by Crippen LogP contribution is -2.42. The smallest absolute Gasteiger partial charge is 0.219 e. The number of hydrogen-bond acceptors (Lipinski definition) is 3. The van der Waals surface area contributed by atoms with Gasteiger partial charge in [-0.15, -0.1) is 0 Å². The maximum atomic E-state index is 10.9. The quantitative estimate of drug-likeness (QED) is 0.808. The zero-order valence-electron chi connectivity index (χ0n) is 11.5. The third-order valence-electron chi connectivity index (χ3n) is 2.85. The lowest BCUT2D eigenvalue weighted by atomic mass is 9.99. The van der Waals surface area contributed by atoms with Crippen molar-refractivity contribution in [1.29, 1.82) is 0 Å². The molecule has 0 saturated carbocycles. The summed E-state index contributed by atoms with van der Waals surface area (Å²) in [6.07, 6.45) is 0.322. The molecule has 18 heavy (non-hydrogen) atoms. The molecular weight excluding hydrogens is 228 g/mol. The van der Waals surface area contributed by atoms with Crippen LogP contribution in [0, 0.1) is 6.92 Å². The molecule has 0 aromatic heterocycles. The Morgan fingerprint density at radius 3 is 2.61 bits per heavy atom. The molecule has 100 valence electrons. The lowest BCUT2D eigenvalue weighted by Gasteiger charge is -2.25. The molecule has 0 aliphatic heterocycles. The van der Waals surface area contributed by atoms with Crippen LogP contribution in [0.25, 0.3) is 0 Å². The largest absolute Gasteiger partial charge is 0.496 e. The minimum Gasteiger partial charge on any atom is -0.496 e. The van der Waals surface area contributed by atoms with Crippen molar-refractivity contribution in [2.45, 2.75) is 39.3 Å². The molecule has 1 aromatic carbocycles. The van der Waals surface area contributed by atoms with Crippen LogP contribution in [0.4, 0.5) is 0 Å². The summed E-state index contributed by atoms with van der Waals surface area (Å²) in [6.45, 7) is 6.64. The van der Waals surface area contributed by atoms with Gasteiger partial charge in [0.15, 0.2) is 0 Å². The Balaban J connectivity index is 2.63. The van der Waals surface area contributed by atoms with Crippen molar-refractivity contribution in [3.8, 4) is 5.75 Å². The van der Waals surface area contributed by atoms with Gasteiger partial charge in [0.25, 0.3) is 0 Å². The average molecular weight is 250 g/mol. The van der Waals surface area contributed by atoms with Gasteiger partial charge >= 0.3 is 0 Å². The van der Waals surface area contributed by atoms with Crippen LogP contribution in [0.3, 0.4) is 0 Å². The fraction of sp³-hybridized carbons (Fsp3) is 0.500. The Labute approximate surface area is 109 Å². The van der Waals surface area contributed by atoms with Crippen molar-refractivity contribution >= 4 is 5.91 Å². The summed E-state index contributed by atoms with van der Waals surface area (Å²) in [7, 11) is 1.66. The molecule has 0 heterocycles. The fourth-order valence-electron chi connectivity index (χ4n) is 1.89. The first kappa shape index (κ1) is 14.5. The average Bonchev–Trinajstić information content (AvgIpc) is 2.25. The predicted octanol–water partition coefficient (Wildman–Crippen LogP) is 1.75. The molecule has 0 atom stereocenters. The van der Waals surface area contributed by atoms with Gasteiger partial charge in [-0.3, -0.25) is 4.79 Å². The maximum Gasteiger partial charge on any atom is 0.219 e. The van der Waals surface area contributed by atoms with Crippen LogP contribution in [0.1, 0.15) is 31.4 Å². The Bertz CT molecular complexity index is 428. The molecule has 3 N–H and O–H groups in total. The van der Waals surface area contributed by atoms with Gasteiger partial charge in [0.05, 0.1) is 7.11 Å². The van der Waals surface area contributed by atoms with Crippen molar-refractivity contribution in [3.63, 3.8) is 0 Å². The number of rotatable bonds is 6. The van der Waals surface area contributed by atoms with Crippen LogP contribution in [0.5, 0.6) is 5.75 Å². The zero-order valence-corrected chi connectivity index (χ0v) is 11.5. The third-order valence-corrected chi connectivity index (χ3v) is 2.85. The number of primary amides is 1. The monoisotopic (exact) mass is 250 g/mol. The number of nitrogens with two attached hydrogens (primary N) is 1. The van der Waals surface area contributed by atoms with Crippen molar-refractivity contribution < 1.29 is 9.53 Å². The molecule has 4 heteroatoms. The summed E-state index contributed by atoms with van der Waals surface area (Å²) in [4.78, 5) is 10.9. The van der Waals surface area contributed by atoms with Gasteiger partial charge in [-0.2, -0.15) is 0 Å². The van der Waals surface area contributed by atoms with E-state index in [1.807, 2.05) is 32.9 Å². The number of carbonyl (C=O) groups excluding carboxylic acids is 1. The molecule has 0 fully saturated rings. The van der Waals surface area contributed by atoms with E-state index in [-0.39, 0.29) is 11.4 Å². The second-order valence-electron chi connectivity index (χ2n) is 5.18. The summed E-state index contributed by atoms with van der Waals surface area (Å²) >= 11 is 0. The van der Waals surface area contributed by atoms with E-state index in [4.69, 9.17) is 10.5 Å². The first-order valence-corrected chi connectivity index (χ1v) is 6.01. The Kier molecular flexibility index (Phi) is 4.73. The molecule has 0 unspecified atom stereocenters. The number of carbonyl (C=O) groups is 1. The molecule has 0 bridgehead atoms. The summed E-state index contributed by atoms with van der Waals surface area (Å²) in [5.74, 6) is 0.591. The molecular formula is C14H22N2O2. The highest BCUT2D eigenvalue weighted by molar-refractivity contribution is 5.75. The van der Waals surface area contributed by atoms with E-state index < -0.39 is 0 Å². The highest BCUT2D eigenvalue weighted by Gasteiger charge is 2.19. The predicted molar refractivity (Wildman–Crippen MR) is 72.5 cm³/mol. The first-order chi connectivity index (χ1) is 8.34. The van der Waals surface area contributed by atoms with Crippen LogP contribution in [-0.4, -0.2) is 18.6 Å². The van der Waals surface area contributed by atoms with Crippen molar-refractivity contribution in [3.05, 3.63) is 29.3 Å². The molecule has 4 nitrogen and oxygen atoms in total. The van der Waals surface area contributed by atoms with Crippen LogP contribution in [0.15, 0.2) is 18.2 Å². The van der Waals surface area contributed by atoms with Crippen LogP contribution in [0.2, 0.25) is 0 Å². The normalized spacial score (nSPS) is 11.3. The van der Waals surface area contributed by atoms with Crippen LogP contribution >= 0.6 is 0 Å². The Morgan fingerprint density at radius 2 is 2.11 bits per heavy atom. The van der Waals surface area contributed by atoms with E-state index in [2.05, 4.69) is 11.4 Å². The summed E-state index contributed by atoms with van der Waals surface area (Å²) < 4.78 is 5.22. The minimum absolute atomic E-state index is 0.292. The lowest BCUT2D eigenvalue weighted by molar-refractivity contribution is -0.119. The van der Waals surface area contributed by atoms with E-state index >= 15 is 0 Å². The topological polar surface area (TPSA) is 64.3 Å². The molecule has 1 aromatic rings. The van der Waals surface area contributed by atoms with Gasteiger partial charge in [0.2, 0.25) is 5.91 Å². The number of ether oxygens (including phenoxy) is 1. The SMILES string of the molecule is COc1ccc(CNC(C)(C)CC(N)=O)cc1C. The second kappa shape index (κ2) is 5.87. The first-order valence-electron chi connectivity index (χ1n) is 6.01. The second-order valence-corrected chi connectivity index (χ2v) is 5.18. The van der Waals surface area contributed by atoms with Crippen molar-refractivity contribution in [1.82, 2.24) is 5.32 Å². The van der Waals surface area contributed by atoms with Crippen molar-refractivity contribution in [2.24, 2.45) is 5.73 Å². The van der Waals surface area contributed by atoms with Gasteiger partial charge < -0.3 is 15.8 Å². The molecule has 0 aliphatic carbocycles. The fourth-order valence-corrected chi connectivity index (χ4v) is 1.89. The number of nitrogens with one attached hydrogen (secondary N) is 1. The number of amides is 1. The standard InChI is InChI=1S/C14H22N2O2/c1-10-7-11(5-6-12(10)18-4)9-16-14(2,3)8-13(15)17/h5-7,16H,8-9H2,1-4H3,(H2,15,17). The minimum atomic E-state index is -0.293. The summed E-state index contributed by atoms with van der Waals surface area (Å²) in [5.41, 5.74) is 7.18. The third kappa shape index (κ3) is 4.37. The molecule has 1 amide bonds. The Hall–Kier alpha value is -1.55. The number of hydrogen-bond donors (Lipinski definition) is 2. The van der Waals surface area contributed by atoms with Gasteiger partial charge in [-0.1, -0.05) is 12.1 Å². The number of methoxy groups -OCH3 is 1. The maximum absolute atomic E-state index is 10.9. The number of aryl methyl sites for hydroxylation is 1. The zero-order chi connectivity index (χ0) is 13.8. The van der Waals surface area contributed by atoms with Crippen molar-refractivity contribution in [2.75, 3.05) is 7.11 Å². The highest BCUT2D eigenvalue weighted by Crippen LogP contribution is 2.19. The van der Waals surface area contributed by atoms with E-state index in [0.717, 1.165) is 16.9 Å². The van der Waals surface area contributed by atoms with Gasteiger partial charge in [0, 0.05) is 18.5 Å². The summed E-state index contributed by atoms with van der Waals surface area (Å²) in [6, 6.07) is 6.04. The van der Waals surface area contributed by atoms with Crippen LogP contribution < -0.4 is 15.8 Å². The highest BCUT2D eigenvalue weighted by atomic mass is 16.5. The van der Waals surface area contributed by atoms with Crippen LogP contribution in [-0.2, 0) is 11.3 Å². The summed E-state index contributed by atoms with van der Waals surface area (Å²) in [5, 5.41) is 3.33. The number of benzene rings is 1. The molecule has 0 aliphatic rings. The molecule has 0 radical (unpaired) electrons. The van der Waals surface area contributed by atoms with Gasteiger partial charge in [-0.25, -0.2) is 0 Å². The molecule has 1 rings (SSSR count). The van der Waals surface area contributed by atoms with E-state index in [1.54, 1.807) is 7.11 Å². The van der Waals surface area contributed by atoms with E-state index in [0.29, 0.717) is 13.0 Å². The Morgan fingerprint density at radius 1 is 1.44 bits per heavy atom. The molecule has 0 saturated heterocycles. The van der Waals surface area contributed by atoms with Gasteiger partial charge in [0.1, 0.15) is 5.75 Å². The van der Waals surface area contributed by atoms with E-state index in [9.17, 15) is 4.79 Å². The molecule has 0 spiro atoms. The van der Waals surface area contributed by atoms with E-state index in [1.165, 1.54) is 0 Å².